The molecule has 2 atom stereocenters. The summed E-state index contributed by atoms with van der Waals surface area (Å²) in [7, 11) is -3.04. The molecule has 0 amide bonds. The Bertz CT molecular complexity index is 791. The fourth-order valence-electron chi connectivity index (χ4n) is 3.10. The average molecular weight is 352 g/mol. The van der Waals surface area contributed by atoms with Crippen molar-refractivity contribution in [1.29, 1.82) is 0 Å². The molecule has 3 aliphatic rings. The van der Waals surface area contributed by atoms with E-state index in [1.165, 1.54) is 0 Å². The molecule has 3 heterocycles. The Morgan fingerprint density at radius 3 is 3.00 bits per heavy atom. The van der Waals surface area contributed by atoms with Crippen molar-refractivity contribution in [2.75, 3.05) is 29.0 Å². The van der Waals surface area contributed by atoms with Gasteiger partial charge in [-0.05, 0) is 12.1 Å². The lowest BCUT2D eigenvalue weighted by molar-refractivity contribution is 0.174. The fraction of sp³-hybridized carbons (Fsp3) is 0.400. The lowest BCUT2D eigenvalue weighted by Crippen LogP contribution is -2.39. The number of hydrogen-bond donors (Lipinski definition) is 0. The summed E-state index contributed by atoms with van der Waals surface area (Å²) in [6, 6.07) is 5.32. The van der Waals surface area contributed by atoms with E-state index in [0.29, 0.717) is 11.5 Å². The Labute approximate surface area is 139 Å². The maximum absolute atomic E-state index is 12.0. The quantitative estimate of drug-likeness (QED) is 0.771. The van der Waals surface area contributed by atoms with Crippen molar-refractivity contribution in [3.8, 4) is 11.5 Å². The molecule has 0 aromatic heterocycles. The van der Waals surface area contributed by atoms with Crippen LogP contribution in [0, 0.1) is 0 Å². The van der Waals surface area contributed by atoms with E-state index in [0.717, 1.165) is 16.6 Å². The number of rotatable bonds is 3. The first-order valence-electron chi connectivity index (χ1n) is 7.28. The van der Waals surface area contributed by atoms with Crippen LogP contribution in [0.1, 0.15) is 0 Å². The highest BCUT2D eigenvalue weighted by molar-refractivity contribution is 8.14. The number of aliphatic imine (C=N–C) groups is 1. The molecule has 0 aliphatic carbocycles. The Morgan fingerprint density at radius 2 is 2.17 bits per heavy atom. The zero-order valence-electron chi connectivity index (χ0n) is 12.3. The van der Waals surface area contributed by atoms with Gasteiger partial charge in [-0.3, -0.25) is 4.99 Å². The number of thioether (sulfide) groups is 1. The van der Waals surface area contributed by atoms with E-state index in [1.807, 2.05) is 29.2 Å². The van der Waals surface area contributed by atoms with Gasteiger partial charge in [0, 0.05) is 17.5 Å². The molecule has 0 unspecified atom stereocenters. The van der Waals surface area contributed by atoms with Crippen molar-refractivity contribution in [2.45, 2.75) is 12.1 Å². The standard InChI is InChI=1S/C15H16N2O4S2/c1-2-5-22-15-16-11-7-23(18,19)8-12(11)17(15)10-3-4-13-14(6-10)21-9-20-13/h2-4,6,11-12H,1,5,7-9H2/t11-,12-/m0/s1. The summed E-state index contributed by atoms with van der Waals surface area (Å²) in [6.45, 7) is 3.95. The van der Waals surface area contributed by atoms with E-state index in [-0.39, 0.29) is 30.4 Å². The lowest BCUT2D eigenvalue weighted by Gasteiger charge is -2.26. The molecule has 23 heavy (non-hydrogen) atoms. The van der Waals surface area contributed by atoms with E-state index in [1.54, 1.807) is 11.8 Å². The van der Waals surface area contributed by atoms with Crippen LogP contribution in [-0.4, -0.2) is 49.7 Å². The summed E-state index contributed by atoms with van der Waals surface area (Å²) >= 11 is 1.57. The first kappa shape index (κ1) is 14.9. The molecule has 1 aromatic rings. The van der Waals surface area contributed by atoms with Crippen LogP contribution in [0.25, 0.3) is 0 Å². The summed E-state index contributed by atoms with van der Waals surface area (Å²) in [5.41, 5.74) is 0.883. The van der Waals surface area contributed by atoms with Crippen molar-refractivity contribution in [3.05, 3.63) is 30.9 Å². The smallest absolute Gasteiger partial charge is 0.231 e. The van der Waals surface area contributed by atoms with E-state index in [4.69, 9.17) is 9.47 Å². The minimum absolute atomic E-state index is 0.122. The number of hydrogen-bond acceptors (Lipinski definition) is 7. The van der Waals surface area contributed by atoms with Gasteiger partial charge in [0.15, 0.2) is 26.5 Å². The second-order valence-corrected chi connectivity index (χ2v) is 8.77. The maximum atomic E-state index is 12.0. The van der Waals surface area contributed by atoms with Crippen molar-refractivity contribution < 1.29 is 17.9 Å². The Kier molecular flexibility index (Phi) is 3.53. The average Bonchev–Trinajstić information content (AvgIpc) is 3.15. The summed E-state index contributed by atoms with van der Waals surface area (Å²) in [4.78, 5) is 6.66. The van der Waals surface area contributed by atoms with Gasteiger partial charge in [-0.1, -0.05) is 17.8 Å². The third-order valence-corrected chi connectivity index (χ3v) is 6.73. The van der Waals surface area contributed by atoms with Gasteiger partial charge in [0.2, 0.25) is 6.79 Å². The number of benzene rings is 1. The molecule has 122 valence electrons. The number of ether oxygens (including phenoxy) is 2. The monoisotopic (exact) mass is 352 g/mol. The highest BCUT2D eigenvalue weighted by Gasteiger charge is 2.47. The predicted molar refractivity (Wildman–Crippen MR) is 91.4 cm³/mol. The molecule has 0 radical (unpaired) electrons. The van der Waals surface area contributed by atoms with Crippen LogP contribution < -0.4 is 14.4 Å². The predicted octanol–water partition coefficient (Wildman–Crippen LogP) is 1.68. The molecule has 0 bridgehead atoms. The van der Waals surface area contributed by atoms with Crippen LogP contribution in [0.4, 0.5) is 5.69 Å². The number of amidine groups is 1. The molecule has 1 aromatic carbocycles. The fourth-order valence-corrected chi connectivity index (χ4v) is 5.81. The van der Waals surface area contributed by atoms with E-state index < -0.39 is 9.84 Å². The first-order valence-corrected chi connectivity index (χ1v) is 10.1. The number of fused-ring (bicyclic) bond motifs is 2. The molecule has 0 spiro atoms. The normalized spacial score (nSPS) is 27.0. The van der Waals surface area contributed by atoms with Crippen molar-refractivity contribution in [1.82, 2.24) is 0 Å². The zero-order chi connectivity index (χ0) is 16.0. The van der Waals surface area contributed by atoms with Gasteiger partial charge in [0.1, 0.15) is 0 Å². The molecule has 0 N–H and O–H groups in total. The van der Waals surface area contributed by atoms with Crippen molar-refractivity contribution >= 4 is 32.5 Å². The molecular formula is C15H16N2O4S2. The summed E-state index contributed by atoms with van der Waals surface area (Å²) in [5.74, 6) is 2.37. The van der Waals surface area contributed by atoms with Crippen LogP contribution in [0.15, 0.2) is 35.8 Å². The second kappa shape index (κ2) is 5.45. The van der Waals surface area contributed by atoms with E-state index in [2.05, 4.69) is 11.6 Å². The lowest BCUT2D eigenvalue weighted by atomic mass is 10.1. The molecule has 3 aliphatic heterocycles. The Balaban J connectivity index is 1.71. The topological polar surface area (TPSA) is 68.2 Å². The SMILES string of the molecule is C=CCSC1=N[C@H]2CS(=O)(=O)C[C@@H]2N1c1ccc2c(c1)OCO2. The van der Waals surface area contributed by atoms with E-state index >= 15 is 0 Å². The highest BCUT2D eigenvalue weighted by atomic mass is 32.2. The van der Waals surface area contributed by atoms with Crippen LogP contribution in [-0.2, 0) is 9.84 Å². The Hall–Kier alpha value is -1.67. The van der Waals surface area contributed by atoms with Crippen LogP contribution in [0.2, 0.25) is 0 Å². The number of anilines is 1. The third kappa shape index (κ3) is 2.59. The highest BCUT2D eigenvalue weighted by Crippen LogP contribution is 2.40. The molecule has 8 heteroatoms. The van der Waals surface area contributed by atoms with Gasteiger partial charge in [0.25, 0.3) is 0 Å². The van der Waals surface area contributed by atoms with Crippen molar-refractivity contribution in [3.63, 3.8) is 0 Å². The van der Waals surface area contributed by atoms with Gasteiger partial charge < -0.3 is 14.4 Å². The molecule has 4 rings (SSSR count). The Morgan fingerprint density at radius 1 is 1.35 bits per heavy atom. The molecule has 1 saturated heterocycles. The zero-order valence-corrected chi connectivity index (χ0v) is 14.0. The van der Waals surface area contributed by atoms with Gasteiger partial charge in [-0.25, -0.2) is 8.42 Å². The molecule has 6 nitrogen and oxygen atoms in total. The first-order chi connectivity index (χ1) is 11.1. The van der Waals surface area contributed by atoms with Gasteiger partial charge in [-0.2, -0.15) is 0 Å². The summed E-state index contributed by atoms with van der Waals surface area (Å²) in [6.07, 6.45) is 1.82. The minimum atomic E-state index is -3.04. The van der Waals surface area contributed by atoms with Gasteiger partial charge in [-0.15, -0.1) is 6.58 Å². The number of sulfone groups is 1. The van der Waals surface area contributed by atoms with Crippen molar-refractivity contribution in [2.24, 2.45) is 4.99 Å². The van der Waals surface area contributed by atoms with Gasteiger partial charge in [0.05, 0.1) is 23.6 Å². The maximum Gasteiger partial charge on any atom is 0.231 e. The van der Waals surface area contributed by atoms with E-state index in [9.17, 15) is 8.42 Å². The molecular weight excluding hydrogens is 336 g/mol. The van der Waals surface area contributed by atoms with Crippen LogP contribution in [0.5, 0.6) is 11.5 Å². The molecule has 0 saturated carbocycles. The minimum Gasteiger partial charge on any atom is -0.454 e. The van der Waals surface area contributed by atoms with Gasteiger partial charge >= 0.3 is 0 Å². The summed E-state index contributed by atoms with van der Waals surface area (Å²) < 4.78 is 34.7. The largest absolute Gasteiger partial charge is 0.454 e. The molecule has 1 fully saturated rings. The number of nitrogens with zero attached hydrogens (tertiary/aromatic N) is 2. The van der Waals surface area contributed by atoms with Crippen LogP contribution >= 0.6 is 11.8 Å². The third-order valence-electron chi connectivity index (χ3n) is 4.07. The van der Waals surface area contributed by atoms with Crippen LogP contribution in [0.3, 0.4) is 0 Å². The summed E-state index contributed by atoms with van der Waals surface area (Å²) in [5, 5.41) is 0.841. The second-order valence-electron chi connectivity index (χ2n) is 5.63.